The number of hydrogen-bond donors (Lipinski definition) is 1. The molecule has 0 radical (unpaired) electrons. The number of halogens is 1. The van der Waals surface area contributed by atoms with Crippen LogP contribution in [0.4, 0.5) is 11.4 Å². The predicted octanol–water partition coefficient (Wildman–Crippen LogP) is 3.45. The first kappa shape index (κ1) is 20.1. The van der Waals surface area contributed by atoms with Gasteiger partial charge in [0, 0.05) is 23.7 Å². The first-order valence-electron chi connectivity index (χ1n) is 7.89. The maximum absolute atomic E-state index is 12.2. The van der Waals surface area contributed by atoms with Crippen molar-refractivity contribution >= 4 is 38.9 Å². The fourth-order valence-electron chi connectivity index (χ4n) is 2.43. The number of benzene rings is 2. The molecule has 0 spiro atoms. The summed E-state index contributed by atoms with van der Waals surface area (Å²) in [7, 11) is -2.00. The van der Waals surface area contributed by atoms with Crippen molar-refractivity contribution in [1.29, 1.82) is 0 Å². The molecule has 0 heterocycles. The number of nitrogens with zero attached hydrogens (tertiary/aromatic N) is 1. The van der Waals surface area contributed by atoms with Crippen LogP contribution in [0.2, 0.25) is 5.02 Å². The number of ether oxygens (including phenoxy) is 1. The SMILES string of the molecule is COc1ccc(NC(=O)CCN(c2cccc(Cl)c2C)S(C)(=O)=O)cc1. The van der Waals surface area contributed by atoms with Gasteiger partial charge < -0.3 is 10.1 Å². The van der Waals surface area contributed by atoms with Crippen LogP contribution < -0.4 is 14.4 Å². The third-order valence-electron chi connectivity index (χ3n) is 3.82. The van der Waals surface area contributed by atoms with Crippen LogP contribution in [-0.4, -0.2) is 34.2 Å². The van der Waals surface area contributed by atoms with Gasteiger partial charge >= 0.3 is 0 Å². The molecule has 2 aromatic rings. The molecule has 0 fully saturated rings. The molecule has 0 aliphatic rings. The van der Waals surface area contributed by atoms with Crippen LogP contribution in [0.5, 0.6) is 5.75 Å². The van der Waals surface area contributed by atoms with Crippen LogP contribution in [-0.2, 0) is 14.8 Å². The van der Waals surface area contributed by atoms with E-state index in [0.29, 0.717) is 27.7 Å². The van der Waals surface area contributed by atoms with Crippen LogP contribution in [0.1, 0.15) is 12.0 Å². The average Bonchev–Trinajstić information content (AvgIpc) is 2.58. The highest BCUT2D eigenvalue weighted by molar-refractivity contribution is 7.92. The Hall–Kier alpha value is -2.25. The molecule has 140 valence electrons. The predicted molar refractivity (Wildman–Crippen MR) is 105 cm³/mol. The molecule has 1 amide bonds. The molecule has 0 aliphatic carbocycles. The quantitative estimate of drug-likeness (QED) is 0.777. The van der Waals surface area contributed by atoms with E-state index in [-0.39, 0.29) is 18.9 Å². The molecule has 0 atom stereocenters. The molecular formula is C18H21ClN2O4S. The van der Waals surface area contributed by atoms with Crippen molar-refractivity contribution in [3.8, 4) is 5.75 Å². The number of methoxy groups -OCH3 is 1. The van der Waals surface area contributed by atoms with E-state index in [9.17, 15) is 13.2 Å². The summed E-state index contributed by atoms with van der Waals surface area (Å²) in [6.45, 7) is 1.76. The van der Waals surface area contributed by atoms with Gasteiger partial charge in [-0.15, -0.1) is 0 Å². The lowest BCUT2D eigenvalue weighted by Gasteiger charge is -2.24. The molecule has 6 nitrogen and oxygen atoms in total. The van der Waals surface area contributed by atoms with Crippen molar-refractivity contribution in [1.82, 2.24) is 0 Å². The van der Waals surface area contributed by atoms with E-state index in [1.165, 1.54) is 4.31 Å². The summed E-state index contributed by atoms with van der Waals surface area (Å²) in [4.78, 5) is 12.2. The molecule has 2 rings (SSSR count). The summed E-state index contributed by atoms with van der Waals surface area (Å²) in [5.41, 5.74) is 1.73. The Morgan fingerprint density at radius 2 is 1.85 bits per heavy atom. The number of anilines is 2. The fraction of sp³-hybridized carbons (Fsp3) is 0.278. The van der Waals surface area contributed by atoms with E-state index in [1.807, 2.05) is 0 Å². The van der Waals surface area contributed by atoms with E-state index >= 15 is 0 Å². The fourth-order valence-corrected chi connectivity index (χ4v) is 3.58. The standard InChI is InChI=1S/C18H21ClN2O4S/c1-13-16(19)5-4-6-17(13)21(26(3,23)24)12-11-18(22)20-14-7-9-15(25-2)10-8-14/h4-10H,11-12H2,1-3H3,(H,20,22). The number of nitrogens with one attached hydrogen (secondary N) is 1. The summed E-state index contributed by atoms with van der Waals surface area (Å²) in [6, 6.07) is 11.9. The second-order valence-corrected chi connectivity index (χ2v) is 8.06. The smallest absolute Gasteiger partial charge is 0.232 e. The van der Waals surface area contributed by atoms with Gasteiger partial charge in [0.05, 0.1) is 19.1 Å². The number of sulfonamides is 1. The van der Waals surface area contributed by atoms with Gasteiger partial charge in [0.2, 0.25) is 15.9 Å². The molecular weight excluding hydrogens is 376 g/mol. The third-order valence-corrected chi connectivity index (χ3v) is 5.41. The van der Waals surface area contributed by atoms with Gasteiger partial charge in [-0.2, -0.15) is 0 Å². The van der Waals surface area contributed by atoms with Crippen LogP contribution in [0, 0.1) is 6.92 Å². The number of hydrogen-bond acceptors (Lipinski definition) is 4. The molecule has 0 saturated heterocycles. The van der Waals surface area contributed by atoms with Gasteiger partial charge in [-0.05, 0) is 48.9 Å². The number of carbonyl (C=O) groups excluding carboxylic acids is 1. The van der Waals surface area contributed by atoms with Crippen molar-refractivity contribution in [2.24, 2.45) is 0 Å². The number of amides is 1. The highest BCUT2D eigenvalue weighted by atomic mass is 35.5. The van der Waals surface area contributed by atoms with Gasteiger partial charge in [-0.25, -0.2) is 8.42 Å². The Kier molecular flexibility index (Phi) is 6.50. The maximum Gasteiger partial charge on any atom is 0.232 e. The number of carbonyl (C=O) groups is 1. The lowest BCUT2D eigenvalue weighted by Crippen LogP contribution is -2.33. The van der Waals surface area contributed by atoms with E-state index in [1.54, 1.807) is 56.5 Å². The second kappa shape index (κ2) is 8.42. The highest BCUT2D eigenvalue weighted by Gasteiger charge is 2.21. The first-order chi connectivity index (χ1) is 12.2. The Balaban J connectivity index is 2.09. The van der Waals surface area contributed by atoms with Crippen molar-refractivity contribution in [2.45, 2.75) is 13.3 Å². The first-order valence-corrected chi connectivity index (χ1v) is 10.1. The zero-order valence-electron chi connectivity index (χ0n) is 14.8. The third kappa shape index (κ3) is 5.12. The maximum atomic E-state index is 12.2. The molecule has 26 heavy (non-hydrogen) atoms. The molecule has 1 N–H and O–H groups in total. The summed E-state index contributed by atoms with van der Waals surface area (Å²) in [5.74, 6) is 0.395. The van der Waals surface area contributed by atoms with Crippen molar-refractivity contribution in [2.75, 3.05) is 29.5 Å². The Morgan fingerprint density at radius 3 is 2.42 bits per heavy atom. The molecule has 8 heteroatoms. The van der Waals surface area contributed by atoms with Gasteiger partial charge in [0.25, 0.3) is 0 Å². The molecule has 0 saturated carbocycles. The lowest BCUT2D eigenvalue weighted by molar-refractivity contribution is -0.116. The van der Waals surface area contributed by atoms with Crippen molar-refractivity contribution < 1.29 is 17.9 Å². The van der Waals surface area contributed by atoms with Gasteiger partial charge in [-0.3, -0.25) is 9.10 Å². The normalized spacial score (nSPS) is 11.1. The molecule has 0 aromatic heterocycles. The van der Waals surface area contributed by atoms with Gasteiger partial charge in [0.1, 0.15) is 5.75 Å². The highest BCUT2D eigenvalue weighted by Crippen LogP contribution is 2.28. The lowest BCUT2D eigenvalue weighted by atomic mass is 10.2. The minimum absolute atomic E-state index is 0.00501. The van der Waals surface area contributed by atoms with E-state index in [2.05, 4.69) is 5.32 Å². The van der Waals surface area contributed by atoms with Crippen LogP contribution in [0.25, 0.3) is 0 Å². The summed E-state index contributed by atoms with van der Waals surface area (Å²) >= 11 is 6.09. The largest absolute Gasteiger partial charge is 0.497 e. The minimum Gasteiger partial charge on any atom is -0.497 e. The van der Waals surface area contributed by atoms with E-state index < -0.39 is 10.0 Å². The Labute approximate surface area is 158 Å². The average molecular weight is 397 g/mol. The summed E-state index contributed by atoms with van der Waals surface area (Å²) in [6.07, 6.45) is 1.11. The Morgan fingerprint density at radius 1 is 1.19 bits per heavy atom. The summed E-state index contributed by atoms with van der Waals surface area (Å²) in [5, 5.41) is 3.21. The summed E-state index contributed by atoms with van der Waals surface area (Å²) < 4.78 is 30.6. The molecule has 2 aromatic carbocycles. The Bertz CT molecular complexity index is 883. The topological polar surface area (TPSA) is 75.7 Å². The van der Waals surface area contributed by atoms with E-state index in [0.717, 1.165) is 6.26 Å². The minimum atomic E-state index is -3.56. The van der Waals surface area contributed by atoms with Gasteiger partial charge in [0.15, 0.2) is 0 Å². The number of rotatable bonds is 7. The molecule has 0 unspecified atom stereocenters. The molecule has 0 aliphatic heterocycles. The zero-order valence-corrected chi connectivity index (χ0v) is 16.4. The van der Waals surface area contributed by atoms with Crippen molar-refractivity contribution in [3.63, 3.8) is 0 Å². The van der Waals surface area contributed by atoms with Crippen LogP contribution in [0.3, 0.4) is 0 Å². The van der Waals surface area contributed by atoms with Crippen LogP contribution >= 0.6 is 11.6 Å². The van der Waals surface area contributed by atoms with Gasteiger partial charge in [-0.1, -0.05) is 17.7 Å². The van der Waals surface area contributed by atoms with Crippen molar-refractivity contribution in [3.05, 3.63) is 53.1 Å². The molecule has 0 bridgehead atoms. The zero-order chi connectivity index (χ0) is 19.3. The van der Waals surface area contributed by atoms with Crippen LogP contribution in [0.15, 0.2) is 42.5 Å². The second-order valence-electron chi connectivity index (χ2n) is 5.75. The van der Waals surface area contributed by atoms with E-state index in [4.69, 9.17) is 16.3 Å². The monoisotopic (exact) mass is 396 g/mol.